The van der Waals surface area contributed by atoms with E-state index in [9.17, 15) is 18.3 Å². The van der Waals surface area contributed by atoms with Crippen molar-refractivity contribution in [2.45, 2.75) is 26.9 Å². The Labute approximate surface area is 122 Å². The summed E-state index contributed by atoms with van der Waals surface area (Å²) in [6.07, 6.45) is -1.59. The summed E-state index contributed by atoms with van der Waals surface area (Å²) in [7, 11) is -4.23. The van der Waals surface area contributed by atoms with Crippen molar-refractivity contribution in [2.24, 2.45) is 0 Å². The van der Waals surface area contributed by atoms with Crippen molar-refractivity contribution < 1.29 is 23.1 Å². The first-order valence-corrected chi connectivity index (χ1v) is 7.47. The van der Waals surface area contributed by atoms with Crippen LogP contribution in [0.5, 0.6) is 5.75 Å². The van der Waals surface area contributed by atoms with E-state index in [-0.39, 0.29) is 16.5 Å². The lowest BCUT2D eigenvalue weighted by molar-refractivity contribution is 0.121. The predicted octanol–water partition coefficient (Wildman–Crippen LogP) is 2.15. The van der Waals surface area contributed by atoms with Gasteiger partial charge >= 0.3 is 16.3 Å². The number of phenols is 1. The van der Waals surface area contributed by atoms with Crippen molar-refractivity contribution in [1.29, 1.82) is 0 Å². The molecule has 9 heteroatoms. The summed E-state index contributed by atoms with van der Waals surface area (Å²) in [6.45, 7) is 4.71. The number of phenolic OH excluding ortho intramolecular Hbond substituents is 1. The van der Waals surface area contributed by atoms with Gasteiger partial charge in [0.15, 0.2) is 0 Å². The fourth-order valence-corrected chi connectivity index (χ4v) is 2.37. The van der Waals surface area contributed by atoms with Gasteiger partial charge in [0.25, 0.3) is 0 Å². The van der Waals surface area contributed by atoms with Gasteiger partial charge in [-0.05, 0) is 38.5 Å². The maximum atomic E-state index is 11.7. The van der Waals surface area contributed by atoms with Gasteiger partial charge in [-0.25, -0.2) is 9.52 Å². The van der Waals surface area contributed by atoms with E-state index in [1.807, 2.05) is 4.72 Å². The van der Waals surface area contributed by atoms with E-state index >= 15 is 0 Å². The molecule has 1 aromatic rings. The summed E-state index contributed by atoms with van der Waals surface area (Å²) in [5, 5.41) is 9.97. The zero-order valence-electron chi connectivity index (χ0n) is 11.1. The fraction of sp³-hybridized carbons (Fsp3) is 0.364. The summed E-state index contributed by atoms with van der Waals surface area (Å²) in [5.41, 5.74) is 0.250. The number of halogens is 1. The molecule has 0 spiro atoms. The summed E-state index contributed by atoms with van der Waals surface area (Å²) in [5.74, 6) is -0.281. The highest BCUT2D eigenvalue weighted by Crippen LogP contribution is 2.31. The molecule has 7 nitrogen and oxygen atoms in total. The van der Waals surface area contributed by atoms with E-state index in [4.69, 9.17) is 11.6 Å². The third-order valence-corrected chi connectivity index (χ3v) is 3.21. The Morgan fingerprint density at radius 2 is 2.00 bits per heavy atom. The number of carbonyl (C=O) groups is 1. The summed E-state index contributed by atoms with van der Waals surface area (Å²) >= 11 is 5.77. The highest BCUT2D eigenvalue weighted by molar-refractivity contribution is 7.91. The molecule has 0 saturated heterocycles. The van der Waals surface area contributed by atoms with Gasteiger partial charge in [0, 0.05) is 5.02 Å². The minimum Gasteiger partial charge on any atom is -0.505 e. The van der Waals surface area contributed by atoms with Crippen LogP contribution >= 0.6 is 11.6 Å². The molecule has 20 heavy (non-hydrogen) atoms. The number of hydrogen-bond acceptors (Lipinski definition) is 5. The molecule has 1 rings (SSSR count). The van der Waals surface area contributed by atoms with Crippen molar-refractivity contribution in [3.63, 3.8) is 0 Å². The van der Waals surface area contributed by atoms with Gasteiger partial charge in [0.1, 0.15) is 5.75 Å². The number of aromatic hydroxyl groups is 1. The van der Waals surface area contributed by atoms with Crippen LogP contribution in [0, 0.1) is 6.92 Å². The van der Waals surface area contributed by atoms with E-state index < -0.39 is 22.4 Å². The molecule has 0 aliphatic carbocycles. The minimum absolute atomic E-state index is 0.139. The van der Waals surface area contributed by atoms with Gasteiger partial charge < -0.3 is 9.84 Å². The lowest BCUT2D eigenvalue weighted by Crippen LogP contribution is -2.36. The molecular formula is C11H15ClN2O5S. The Kier molecular flexibility index (Phi) is 5.07. The van der Waals surface area contributed by atoms with Crippen molar-refractivity contribution in [1.82, 2.24) is 4.72 Å². The van der Waals surface area contributed by atoms with Gasteiger partial charge in [-0.15, -0.1) is 0 Å². The monoisotopic (exact) mass is 322 g/mol. The van der Waals surface area contributed by atoms with E-state index in [0.717, 1.165) is 0 Å². The number of rotatable bonds is 4. The first kappa shape index (κ1) is 16.4. The SMILES string of the molecule is Cc1cc(Cl)cc(NS(=O)(=O)NC(=O)OC(C)C)c1O. The van der Waals surface area contributed by atoms with E-state index in [1.165, 1.54) is 12.1 Å². The molecule has 0 aliphatic rings. The number of ether oxygens (including phenoxy) is 1. The van der Waals surface area contributed by atoms with Crippen molar-refractivity contribution in [3.8, 4) is 5.75 Å². The Morgan fingerprint density at radius 3 is 2.55 bits per heavy atom. The van der Waals surface area contributed by atoms with Crippen LogP contribution in [-0.4, -0.2) is 25.7 Å². The molecule has 0 unspecified atom stereocenters. The lowest BCUT2D eigenvalue weighted by atomic mass is 10.2. The van der Waals surface area contributed by atoms with Gasteiger partial charge in [-0.2, -0.15) is 8.42 Å². The lowest BCUT2D eigenvalue weighted by Gasteiger charge is -2.13. The molecule has 0 aromatic heterocycles. The van der Waals surface area contributed by atoms with Crippen LogP contribution in [0.4, 0.5) is 10.5 Å². The zero-order chi connectivity index (χ0) is 15.5. The second-order valence-electron chi connectivity index (χ2n) is 4.28. The number of anilines is 1. The average Bonchev–Trinajstić information content (AvgIpc) is 2.22. The third kappa shape index (κ3) is 4.78. The Morgan fingerprint density at radius 1 is 1.40 bits per heavy atom. The molecule has 0 heterocycles. The molecular weight excluding hydrogens is 308 g/mol. The third-order valence-electron chi connectivity index (χ3n) is 2.07. The largest absolute Gasteiger partial charge is 0.505 e. The Balaban J connectivity index is 2.89. The Hall–Kier alpha value is -1.67. The van der Waals surface area contributed by atoms with Crippen LogP contribution in [0.15, 0.2) is 12.1 Å². The molecule has 3 N–H and O–H groups in total. The average molecular weight is 323 g/mol. The van der Waals surface area contributed by atoms with Crippen LogP contribution in [0.2, 0.25) is 5.02 Å². The minimum atomic E-state index is -4.23. The quantitative estimate of drug-likeness (QED) is 0.737. The second-order valence-corrected chi connectivity index (χ2v) is 6.13. The van der Waals surface area contributed by atoms with E-state index in [2.05, 4.69) is 4.74 Å². The molecule has 0 radical (unpaired) electrons. The highest BCUT2D eigenvalue weighted by Gasteiger charge is 2.18. The topological polar surface area (TPSA) is 105 Å². The molecule has 0 saturated carbocycles. The van der Waals surface area contributed by atoms with Crippen molar-refractivity contribution in [3.05, 3.63) is 22.7 Å². The molecule has 112 valence electrons. The first-order valence-electron chi connectivity index (χ1n) is 5.61. The molecule has 0 fully saturated rings. The van der Waals surface area contributed by atoms with Gasteiger partial charge in [-0.3, -0.25) is 4.72 Å². The number of carbonyl (C=O) groups excluding carboxylic acids is 1. The van der Waals surface area contributed by atoms with Gasteiger partial charge in [0.2, 0.25) is 0 Å². The van der Waals surface area contributed by atoms with Crippen molar-refractivity contribution >= 4 is 33.6 Å². The molecule has 1 amide bonds. The van der Waals surface area contributed by atoms with Crippen LogP contribution in [0.25, 0.3) is 0 Å². The smallest absolute Gasteiger partial charge is 0.422 e. The van der Waals surface area contributed by atoms with Crippen LogP contribution in [-0.2, 0) is 14.9 Å². The van der Waals surface area contributed by atoms with Crippen LogP contribution in [0.1, 0.15) is 19.4 Å². The van der Waals surface area contributed by atoms with E-state index in [0.29, 0.717) is 5.56 Å². The highest BCUT2D eigenvalue weighted by atomic mass is 35.5. The van der Waals surface area contributed by atoms with E-state index in [1.54, 1.807) is 25.5 Å². The number of hydrogen-bond donors (Lipinski definition) is 3. The summed E-state index contributed by atoms with van der Waals surface area (Å²) in [4.78, 5) is 11.2. The molecule has 0 aliphatic heterocycles. The van der Waals surface area contributed by atoms with Crippen molar-refractivity contribution in [2.75, 3.05) is 4.72 Å². The second kappa shape index (κ2) is 6.19. The maximum Gasteiger partial charge on any atom is 0.422 e. The first-order chi connectivity index (χ1) is 9.10. The normalized spacial score (nSPS) is 11.2. The molecule has 0 bridgehead atoms. The maximum absolute atomic E-state index is 11.7. The summed E-state index contributed by atoms with van der Waals surface area (Å²) in [6, 6.07) is 2.69. The molecule has 1 aromatic carbocycles. The predicted molar refractivity (Wildman–Crippen MR) is 75.1 cm³/mol. The number of benzene rings is 1. The van der Waals surface area contributed by atoms with Crippen LogP contribution in [0.3, 0.4) is 0 Å². The standard InChI is InChI=1S/C11H15ClN2O5S/c1-6(2)19-11(16)14-20(17,18)13-9-5-8(12)4-7(3)10(9)15/h4-6,13,15H,1-3H3,(H,14,16). The number of nitrogens with one attached hydrogen (secondary N) is 2. The van der Waals surface area contributed by atoms with Gasteiger partial charge in [0.05, 0.1) is 11.8 Å². The number of aryl methyl sites for hydroxylation is 1. The summed E-state index contributed by atoms with van der Waals surface area (Å²) < 4.78 is 31.7. The number of amides is 1. The molecule has 0 atom stereocenters. The van der Waals surface area contributed by atoms with Crippen LogP contribution < -0.4 is 9.44 Å². The zero-order valence-corrected chi connectivity index (χ0v) is 12.7. The Bertz CT molecular complexity index is 615. The fourth-order valence-electron chi connectivity index (χ4n) is 1.33. The van der Waals surface area contributed by atoms with Gasteiger partial charge in [-0.1, -0.05) is 11.6 Å².